The molecule has 1 aromatic heterocycles. The van der Waals surface area contributed by atoms with E-state index in [0.717, 1.165) is 11.1 Å². The number of hydrogen-bond acceptors (Lipinski definition) is 6. The first kappa shape index (κ1) is 24.5. The molecule has 4 N–H and O–H groups in total. The minimum Gasteiger partial charge on any atom is -0.383 e. The number of nitrogens with one attached hydrogen (secondary N) is 4. The lowest BCUT2D eigenvalue weighted by atomic mass is 10.1. The van der Waals surface area contributed by atoms with Crippen LogP contribution >= 0.6 is 0 Å². The van der Waals surface area contributed by atoms with Crippen LogP contribution in [0.1, 0.15) is 11.1 Å². The topological polar surface area (TPSA) is 134 Å². The summed E-state index contributed by atoms with van der Waals surface area (Å²) < 4.78 is 6.26. The molecule has 0 aliphatic rings. The van der Waals surface area contributed by atoms with E-state index in [1.807, 2.05) is 60.7 Å². The van der Waals surface area contributed by atoms with Crippen molar-refractivity contribution in [3.63, 3.8) is 0 Å². The second-order valence-corrected chi connectivity index (χ2v) is 7.45. The molecule has 0 saturated carbocycles. The molecule has 0 radical (unpaired) electrons. The van der Waals surface area contributed by atoms with Gasteiger partial charge in [-0.1, -0.05) is 60.7 Å². The first-order valence-electron chi connectivity index (χ1n) is 10.7. The van der Waals surface area contributed by atoms with Gasteiger partial charge in [0.15, 0.2) is 0 Å². The van der Waals surface area contributed by atoms with E-state index in [4.69, 9.17) is 4.74 Å². The van der Waals surface area contributed by atoms with Crippen molar-refractivity contribution in [1.82, 2.24) is 14.9 Å². The van der Waals surface area contributed by atoms with E-state index < -0.39 is 17.2 Å². The summed E-state index contributed by atoms with van der Waals surface area (Å²) in [6.45, 7) is 0.251. The van der Waals surface area contributed by atoms with Gasteiger partial charge in [-0.25, -0.2) is 4.79 Å². The van der Waals surface area contributed by atoms with Crippen molar-refractivity contribution in [3.05, 3.63) is 92.6 Å². The molecule has 2 aromatic carbocycles. The van der Waals surface area contributed by atoms with Crippen LogP contribution in [0.15, 0.2) is 70.3 Å². The van der Waals surface area contributed by atoms with Gasteiger partial charge < -0.3 is 20.7 Å². The Morgan fingerprint density at radius 2 is 1.59 bits per heavy atom. The fraction of sp³-hybridized carbons (Fsp3) is 0.250. The molecular formula is C24H27N5O5. The Balaban J connectivity index is 1.76. The predicted octanol–water partition coefficient (Wildman–Crippen LogP) is 1.09. The molecule has 3 rings (SSSR count). The van der Waals surface area contributed by atoms with Crippen LogP contribution in [0.4, 0.5) is 11.5 Å². The number of carbonyl (C=O) groups excluding carboxylic acids is 2. The molecule has 1 heterocycles. The molecular weight excluding hydrogens is 438 g/mol. The van der Waals surface area contributed by atoms with Crippen LogP contribution < -0.4 is 27.2 Å². The van der Waals surface area contributed by atoms with Crippen LogP contribution in [0.5, 0.6) is 0 Å². The molecule has 2 amide bonds. The van der Waals surface area contributed by atoms with Gasteiger partial charge in [0.05, 0.1) is 26.1 Å². The molecule has 0 fully saturated rings. The van der Waals surface area contributed by atoms with Crippen molar-refractivity contribution >= 4 is 23.3 Å². The van der Waals surface area contributed by atoms with Crippen molar-refractivity contribution in [2.24, 2.45) is 0 Å². The van der Waals surface area contributed by atoms with Gasteiger partial charge in [-0.15, -0.1) is 0 Å². The molecule has 0 aliphatic carbocycles. The first-order chi connectivity index (χ1) is 16.5. The standard InChI is InChI=1S/C24H27N5O5/c1-34-13-12-29-22(27-20(31)16-25-19(30)14-17-8-4-2-5-9-17)21(23(32)28-24(29)33)26-15-18-10-6-3-7-11-18/h2-11,26H,12-16H2,1H3,(H,25,30)(H,27,31)(H,28,32,33). The third-order valence-electron chi connectivity index (χ3n) is 4.94. The van der Waals surface area contributed by atoms with Gasteiger partial charge in [0.2, 0.25) is 11.8 Å². The highest BCUT2D eigenvalue weighted by molar-refractivity contribution is 5.96. The predicted molar refractivity (Wildman–Crippen MR) is 129 cm³/mol. The van der Waals surface area contributed by atoms with Gasteiger partial charge in [-0.05, 0) is 11.1 Å². The van der Waals surface area contributed by atoms with Crippen molar-refractivity contribution in [1.29, 1.82) is 0 Å². The number of carbonyl (C=O) groups is 2. The van der Waals surface area contributed by atoms with Crippen molar-refractivity contribution < 1.29 is 14.3 Å². The second kappa shape index (κ2) is 12.2. The van der Waals surface area contributed by atoms with Gasteiger partial charge in [0, 0.05) is 13.7 Å². The monoisotopic (exact) mass is 465 g/mol. The van der Waals surface area contributed by atoms with Crippen molar-refractivity contribution in [2.75, 3.05) is 30.9 Å². The average Bonchev–Trinajstić information content (AvgIpc) is 2.83. The number of anilines is 2. The molecule has 10 heteroatoms. The number of nitrogens with zero attached hydrogens (tertiary/aromatic N) is 1. The maximum absolute atomic E-state index is 12.6. The Hall–Kier alpha value is -4.18. The second-order valence-electron chi connectivity index (χ2n) is 7.45. The van der Waals surface area contributed by atoms with E-state index in [9.17, 15) is 19.2 Å². The fourth-order valence-electron chi connectivity index (χ4n) is 3.25. The molecule has 34 heavy (non-hydrogen) atoms. The summed E-state index contributed by atoms with van der Waals surface area (Å²) >= 11 is 0. The molecule has 178 valence electrons. The van der Waals surface area contributed by atoms with Crippen LogP contribution in [-0.4, -0.2) is 41.6 Å². The summed E-state index contributed by atoms with van der Waals surface area (Å²) in [6, 6.07) is 18.5. The Morgan fingerprint density at radius 3 is 2.24 bits per heavy atom. The Labute approximate surface area is 196 Å². The van der Waals surface area contributed by atoms with Gasteiger partial charge in [-0.3, -0.25) is 23.9 Å². The quantitative estimate of drug-likeness (QED) is 0.335. The number of amides is 2. The molecule has 0 saturated heterocycles. The largest absolute Gasteiger partial charge is 0.383 e. The summed E-state index contributed by atoms with van der Waals surface area (Å²) in [7, 11) is 1.48. The van der Waals surface area contributed by atoms with E-state index in [2.05, 4.69) is 20.9 Å². The van der Waals surface area contributed by atoms with Crippen molar-refractivity contribution in [3.8, 4) is 0 Å². The summed E-state index contributed by atoms with van der Waals surface area (Å²) in [4.78, 5) is 52.1. The van der Waals surface area contributed by atoms with Crippen LogP contribution in [0.25, 0.3) is 0 Å². The lowest BCUT2D eigenvalue weighted by Crippen LogP contribution is -2.39. The maximum Gasteiger partial charge on any atom is 0.330 e. The number of benzene rings is 2. The van der Waals surface area contributed by atoms with Gasteiger partial charge in [0.1, 0.15) is 11.5 Å². The van der Waals surface area contributed by atoms with Crippen LogP contribution in [-0.2, 0) is 33.8 Å². The number of H-pyrrole nitrogens is 1. The highest BCUT2D eigenvalue weighted by Crippen LogP contribution is 2.16. The summed E-state index contributed by atoms with van der Waals surface area (Å²) in [6.07, 6.45) is 0.127. The molecule has 0 aliphatic heterocycles. The van der Waals surface area contributed by atoms with Crippen molar-refractivity contribution in [2.45, 2.75) is 19.5 Å². The molecule has 0 spiro atoms. The zero-order valence-corrected chi connectivity index (χ0v) is 18.8. The van der Waals surface area contributed by atoms with E-state index in [-0.39, 0.29) is 43.5 Å². The number of rotatable bonds is 11. The lowest BCUT2D eigenvalue weighted by Gasteiger charge is -2.18. The van der Waals surface area contributed by atoms with Crippen LogP contribution in [0.3, 0.4) is 0 Å². The third-order valence-corrected chi connectivity index (χ3v) is 4.94. The normalized spacial score (nSPS) is 10.5. The smallest absolute Gasteiger partial charge is 0.330 e. The number of methoxy groups -OCH3 is 1. The van der Waals surface area contributed by atoms with Crippen LogP contribution in [0.2, 0.25) is 0 Å². The number of aromatic nitrogens is 2. The van der Waals surface area contributed by atoms with Crippen LogP contribution in [0, 0.1) is 0 Å². The molecule has 3 aromatic rings. The minimum absolute atomic E-state index is 0.00374. The van der Waals surface area contributed by atoms with Gasteiger partial charge in [0.25, 0.3) is 5.56 Å². The van der Waals surface area contributed by atoms with E-state index in [0.29, 0.717) is 6.54 Å². The molecule has 0 atom stereocenters. The number of hydrogen-bond donors (Lipinski definition) is 4. The Bertz CT molecular complexity index is 1220. The zero-order valence-electron chi connectivity index (χ0n) is 18.8. The lowest BCUT2D eigenvalue weighted by molar-refractivity contribution is -0.123. The van der Waals surface area contributed by atoms with E-state index >= 15 is 0 Å². The van der Waals surface area contributed by atoms with Gasteiger partial charge in [-0.2, -0.15) is 0 Å². The number of aromatic amines is 1. The molecule has 10 nitrogen and oxygen atoms in total. The summed E-state index contributed by atoms with van der Waals surface area (Å²) in [5.74, 6) is -0.907. The Morgan fingerprint density at radius 1 is 0.941 bits per heavy atom. The van der Waals surface area contributed by atoms with E-state index in [1.165, 1.54) is 11.7 Å². The highest BCUT2D eigenvalue weighted by Gasteiger charge is 2.18. The Kier molecular flexibility index (Phi) is 8.75. The fourth-order valence-corrected chi connectivity index (χ4v) is 3.25. The third kappa shape index (κ3) is 6.91. The maximum atomic E-state index is 12.6. The highest BCUT2D eigenvalue weighted by atomic mass is 16.5. The SMILES string of the molecule is COCCn1c(NC(=O)CNC(=O)Cc2ccccc2)c(NCc2ccccc2)c(=O)[nH]c1=O. The molecule has 0 bridgehead atoms. The summed E-state index contributed by atoms with van der Waals surface area (Å²) in [5, 5.41) is 8.15. The number of ether oxygens (including phenoxy) is 1. The summed E-state index contributed by atoms with van der Waals surface area (Å²) in [5.41, 5.74) is 0.398. The van der Waals surface area contributed by atoms with Gasteiger partial charge >= 0.3 is 5.69 Å². The minimum atomic E-state index is -0.685. The van der Waals surface area contributed by atoms with E-state index in [1.54, 1.807) is 0 Å². The average molecular weight is 466 g/mol. The first-order valence-corrected chi connectivity index (χ1v) is 10.7. The molecule has 0 unspecified atom stereocenters. The zero-order chi connectivity index (χ0) is 24.3.